The number of aryl methyl sites for hydroxylation is 1. The molecular weight excluding hydrogens is 237 g/mol. The van der Waals surface area contributed by atoms with Crippen molar-refractivity contribution in [3.63, 3.8) is 0 Å². The van der Waals surface area contributed by atoms with Crippen LogP contribution in [0.2, 0.25) is 0 Å². The van der Waals surface area contributed by atoms with Gasteiger partial charge in [-0.1, -0.05) is 18.2 Å². The number of aromatic nitrogens is 1. The summed E-state index contributed by atoms with van der Waals surface area (Å²) in [5, 5.41) is 1.23. The Morgan fingerprint density at radius 3 is 2.32 bits per heavy atom. The zero-order chi connectivity index (χ0) is 13.8. The van der Waals surface area contributed by atoms with E-state index in [0.717, 1.165) is 11.0 Å². The van der Waals surface area contributed by atoms with E-state index in [1.165, 1.54) is 10.9 Å². The van der Waals surface area contributed by atoms with E-state index in [4.69, 9.17) is 9.31 Å². The van der Waals surface area contributed by atoms with Crippen molar-refractivity contribution in [2.24, 2.45) is 0 Å². The Morgan fingerprint density at radius 1 is 1.05 bits per heavy atom. The molecule has 1 N–H and O–H groups in total. The first-order valence-electron chi connectivity index (χ1n) is 6.74. The van der Waals surface area contributed by atoms with Gasteiger partial charge < -0.3 is 14.3 Å². The molecule has 0 radical (unpaired) electrons. The van der Waals surface area contributed by atoms with Crippen molar-refractivity contribution in [1.29, 1.82) is 0 Å². The smallest absolute Gasteiger partial charge is 0.399 e. The topological polar surface area (TPSA) is 34.2 Å². The number of hydrogen-bond donors (Lipinski definition) is 1. The van der Waals surface area contributed by atoms with Gasteiger partial charge in [0.05, 0.1) is 11.2 Å². The summed E-state index contributed by atoms with van der Waals surface area (Å²) in [6.45, 7) is 10.4. The second kappa shape index (κ2) is 3.87. The van der Waals surface area contributed by atoms with E-state index >= 15 is 0 Å². The molecule has 3 rings (SSSR count). The van der Waals surface area contributed by atoms with Crippen LogP contribution < -0.4 is 5.46 Å². The molecule has 0 unspecified atom stereocenters. The fourth-order valence-electron chi connectivity index (χ4n) is 2.48. The summed E-state index contributed by atoms with van der Waals surface area (Å²) in [5.74, 6) is 0. The minimum atomic E-state index is -0.313. The second-order valence-electron chi connectivity index (χ2n) is 6.33. The Hall–Kier alpha value is -1.26. The van der Waals surface area contributed by atoms with Gasteiger partial charge in [-0.15, -0.1) is 0 Å². The van der Waals surface area contributed by atoms with E-state index < -0.39 is 0 Å². The molecule has 0 bridgehead atoms. The molecule has 19 heavy (non-hydrogen) atoms. The van der Waals surface area contributed by atoms with Crippen LogP contribution in [0.15, 0.2) is 24.4 Å². The molecule has 1 fully saturated rings. The van der Waals surface area contributed by atoms with Crippen molar-refractivity contribution >= 4 is 23.5 Å². The second-order valence-corrected chi connectivity index (χ2v) is 6.33. The summed E-state index contributed by atoms with van der Waals surface area (Å²) in [6, 6.07) is 6.25. The SMILES string of the molecule is Cc1c[nH]c2c(B3OC(C)(C)C(C)(C)O3)cccc12. The van der Waals surface area contributed by atoms with Gasteiger partial charge in [0.15, 0.2) is 0 Å². The lowest BCUT2D eigenvalue weighted by molar-refractivity contribution is 0.00578. The predicted molar refractivity (Wildman–Crippen MR) is 78.8 cm³/mol. The van der Waals surface area contributed by atoms with Crippen molar-refractivity contribution in [2.45, 2.75) is 45.8 Å². The fraction of sp³-hybridized carbons (Fsp3) is 0.467. The molecule has 1 aromatic carbocycles. The molecule has 1 aliphatic rings. The highest BCUT2D eigenvalue weighted by Gasteiger charge is 2.52. The first kappa shape index (κ1) is 12.8. The number of rotatable bonds is 1. The van der Waals surface area contributed by atoms with Crippen molar-refractivity contribution in [1.82, 2.24) is 4.98 Å². The Kier molecular flexibility index (Phi) is 2.60. The van der Waals surface area contributed by atoms with Gasteiger partial charge in [0.1, 0.15) is 0 Å². The molecule has 0 atom stereocenters. The molecule has 1 aromatic heterocycles. The van der Waals surface area contributed by atoms with Crippen LogP contribution in [0.3, 0.4) is 0 Å². The molecule has 2 aromatic rings. The maximum atomic E-state index is 6.13. The Labute approximate surface area is 114 Å². The highest BCUT2D eigenvalue weighted by Crippen LogP contribution is 2.37. The zero-order valence-corrected chi connectivity index (χ0v) is 12.2. The molecular formula is C15H20BNO2. The normalized spacial score (nSPS) is 21.2. The van der Waals surface area contributed by atoms with E-state index in [1.807, 2.05) is 6.20 Å². The van der Waals surface area contributed by atoms with Gasteiger partial charge in [-0.3, -0.25) is 0 Å². The van der Waals surface area contributed by atoms with Crippen molar-refractivity contribution < 1.29 is 9.31 Å². The molecule has 1 saturated heterocycles. The third kappa shape index (κ3) is 1.82. The number of aromatic amines is 1. The standard InChI is InChI=1S/C15H20BNO2/c1-10-9-17-13-11(10)7-6-8-12(13)16-18-14(2,3)15(4,5)19-16/h6-9,17H,1-5H3. The third-order valence-electron chi connectivity index (χ3n) is 4.46. The summed E-state index contributed by atoms with van der Waals surface area (Å²) in [5.41, 5.74) is 2.82. The number of nitrogens with one attached hydrogen (secondary N) is 1. The molecule has 0 aliphatic carbocycles. The van der Waals surface area contributed by atoms with E-state index in [2.05, 4.69) is 57.8 Å². The van der Waals surface area contributed by atoms with Crippen LogP contribution >= 0.6 is 0 Å². The van der Waals surface area contributed by atoms with Gasteiger partial charge in [-0.05, 0) is 40.2 Å². The average Bonchev–Trinajstić information content (AvgIpc) is 2.78. The van der Waals surface area contributed by atoms with Gasteiger partial charge in [0.2, 0.25) is 0 Å². The van der Waals surface area contributed by atoms with Crippen LogP contribution in [0, 0.1) is 6.92 Å². The summed E-state index contributed by atoms with van der Waals surface area (Å²) in [4.78, 5) is 3.33. The summed E-state index contributed by atoms with van der Waals surface area (Å²) in [7, 11) is -0.313. The molecule has 3 nitrogen and oxygen atoms in total. The predicted octanol–water partition coefficient (Wildman–Crippen LogP) is 2.78. The summed E-state index contributed by atoms with van der Waals surface area (Å²) >= 11 is 0. The van der Waals surface area contributed by atoms with Crippen molar-refractivity contribution in [2.75, 3.05) is 0 Å². The Bertz CT molecular complexity index is 614. The first-order chi connectivity index (χ1) is 8.82. The quantitative estimate of drug-likeness (QED) is 0.797. The molecule has 2 heterocycles. The highest BCUT2D eigenvalue weighted by molar-refractivity contribution is 6.65. The van der Waals surface area contributed by atoms with E-state index in [0.29, 0.717) is 0 Å². The molecule has 0 saturated carbocycles. The van der Waals surface area contributed by atoms with Gasteiger partial charge >= 0.3 is 7.12 Å². The molecule has 100 valence electrons. The summed E-state index contributed by atoms with van der Waals surface area (Å²) < 4.78 is 12.3. The van der Waals surface area contributed by atoms with Crippen LogP contribution in [-0.2, 0) is 9.31 Å². The number of H-pyrrole nitrogens is 1. The van der Waals surface area contributed by atoms with E-state index in [-0.39, 0.29) is 18.3 Å². The maximum Gasteiger partial charge on any atom is 0.497 e. The van der Waals surface area contributed by atoms with Gasteiger partial charge in [-0.2, -0.15) is 0 Å². The van der Waals surface area contributed by atoms with Crippen molar-refractivity contribution in [3.05, 3.63) is 30.0 Å². The van der Waals surface area contributed by atoms with Crippen LogP contribution in [0.5, 0.6) is 0 Å². The van der Waals surface area contributed by atoms with Gasteiger partial charge in [0.25, 0.3) is 0 Å². The fourth-order valence-corrected chi connectivity index (χ4v) is 2.48. The summed E-state index contributed by atoms with van der Waals surface area (Å²) in [6.07, 6.45) is 2.03. The van der Waals surface area contributed by atoms with Crippen LogP contribution in [-0.4, -0.2) is 23.3 Å². The molecule has 4 heteroatoms. The first-order valence-corrected chi connectivity index (χ1v) is 6.74. The number of hydrogen-bond acceptors (Lipinski definition) is 2. The lowest BCUT2D eigenvalue weighted by Crippen LogP contribution is -2.41. The minimum absolute atomic E-state index is 0.304. The number of fused-ring (bicyclic) bond motifs is 1. The number of benzene rings is 1. The third-order valence-corrected chi connectivity index (χ3v) is 4.46. The zero-order valence-electron chi connectivity index (χ0n) is 12.2. The highest BCUT2D eigenvalue weighted by atomic mass is 16.7. The monoisotopic (exact) mass is 257 g/mol. The van der Waals surface area contributed by atoms with E-state index in [1.54, 1.807) is 0 Å². The van der Waals surface area contributed by atoms with Crippen molar-refractivity contribution in [3.8, 4) is 0 Å². The molecule has 0 spiro atoms. The minimum Gasteiger partial charge on any atom is -0.399 e. The number of para-hydroxylation sites is 1. The Balaban J connectivity index is 2.07. The van der Waals surface area contributed by atoms with Crippen LogP contribution in [0.1, 0.15) is 33.3 Å². The lowest BCUT2D eigenvalue weighted by Gasteiger charge is -2.32. The van der Waals surface area contributed by atoms with Crippen LogP contribution in [0.25, 0.3) is 10.9 Å². The average molecular weight is 257 g/mol. The lowest BCUT2D eigenvalue weighted by atomic mass is 9.78. The molecule has 0 amide bonds. The van der Waals surface area contributed by atoms with Crippen LogP contribution in [0.4, 0.5) is 0 Å². The van der Waals surface area contributed by atoms with E-state index in [9.17, 15) is 0 Å². The van der Waals surface area contributed by atoms with Gasteiger partial charge in [0, 0.05) is 22.6 Å². The largest absolute Gasteiger partial charge is 0.497 e. The Morgan fingerprint density at radius 2 is 1.68 bits per heavy atom. The maximum absolute atomic E-state index is 6.13. The van der Waals surface area contributed by atoms with Gasteiger partial charge in [-0.25, -0.2) is 0 Å². The molecule has 1 aliphatic heterocycles.